The molecular weight excluding hydrogens is 354 g/mol. The van der Waals surface area contributed by atoms with E-state index in [9.17, 15) is 9.90 Å². The molecule has 2 aromatic rings. The molecule has 28 heavy (non-hydrogen) atoms. The van der Waals surface area contributed by atoms with Crippen LogP contribution in [-0.4, -0.2) is 40.5 Å². The Balaban J connectivity index is 1.78. The third-order valence-corrected chi connectivity index (χ3v) is 6.39. The number of cyclic esters (lactones) is 1. The predicted octanol–water partition coefficient (Wildman–Crippen LogP) is 4.02. The van der Waals surface area contributed by atoms with E-state index in [1.807, 2.05) is 67.6 Å². The average molecular weight is 379 g/mol. The Kier molecular flexibility index (Phi) is 4.52. The van der Waals surface area contributed by atoms with Crippen LogP contribution in [0.1, 0.15) is 36.6 Å². The summed E-state index contributed by atoms with van der Waals surface area (Å²) >= 11 is 0. The first kappa shape index (κ1) is 18.7. The minimum atomic E-state index is -1.20. The summed E-state index contributed by atoms with van der Waals surface area (Å²) in [6.45, 7) is 5.57. The van der Waals surface area contributed by atoms with Crippen LogP contribution in [0.4, 0.5) is 4.79 Å². The summed E-state index contributed by atoms with van der Waals surface area (Å²) in [5.41, 5.74) is -0.246. The molecule has 0 unspecified atom stereocenters. The first-order valence-corrected chi connectivity index (χ1v) is 9.45. The highest BCUT2D eigenvalue weighted by Crippen LogP contribution is 2.54. The number of hydrogen-bond donors (Lipinski definition) is 1. The molecule has 1 saturated carbocycles. The van der Waals surface area contributed by atoms with Crippen LogP contribution in [-0.2, 0) is 9.47 Å². The highest BCUT2D eigenvalue weighted by Gasteiger charge is 2.67. The van der Waals surface area contributed by atoms with Crippen LogP contribution in [0.15, 0.2) is 73.3 Å². The number of benzene rings is 2. The SMILES string of the molecule is C=C[C@@]1(O)C[C@H](N2C(=O)O[C@H](c3ccccc3)[C@@H]2c2ccccc2)[C@@]1(C)OC. The highest BCUT2D eigenvalue weighted by atomic mass is 16.6. The van der Waals surface area contributed by atoms with Crippen molar-refractivity contribution >= 4 is 6.09 Å². The number of carbonyl (C=O) groups excluding carboxylic acids is 1. The second-order valence-electron chi connectivity index (χ2n) is 7.64. The summed E-state index contributed by atoms with van der Waals surface area (Å²) in [6, 6.07) is 18.9. The maximum atomic E-state index is 13.0. The molecule has 1 saturated heterocycles. The smallest absolute Gasteiger partial charge is 0.411 e. The zero-order valence-corrected chi connectivity index (χ0v) is 16.1. The van der Waals surface area contributed by atoms with Crippen molar-refractivity contribution in [2.75, 3.05) is 7.11 Å². The second-order valence-corrected chi connectivity index (χ2v) is 7.64. The van der Waals surface area contributed by atoms with E-state index < -0.39 is 23.4 Å². The van der Waals surface area contributed by atoms with E-state index in [-0.39, 0.29) is 12.1 Å². The number of methoxy groups -OCH3 is 1. The van der Waals surface area contributed by atoms with Gasteiger partial charge in [-0.3, -0.25) is 4.90 Å². The molecule has 1 amide bonds. The highest BCUT2D eigenvalue weighted by molar-refractivity contribution is 5.73. The lowest BCUT2D eigenvalue weighted by Gasteiger charge is -2.60. The zero-order chi connectivity index (χ0) is 19.9. The van der Waals surface area contributed by atoms with Crippen LogP contribution in [0.25, 0.3) is 0 Å². The number of rotatable bonds is 5. The van der Waals surface area contributed by atoms with Gasteiger partial charge in [-0.05, 0) is 18.1 Å². The van der Waals surface area contributed by atoms with Gasteiger partial charge in [-0.15, -0.1) is 6.58 Å². The fourth-order valence-electron chi connectivity index (χ4n) is 4.51. The van der Waals surface area contributed by atoms with Crippen molar-refractivity contribution in [1.82, 2.24) is 4.90 Å². The van der Waals surface area contributed by atoms with E-state index in [0.717, 1.165) is 11.1 Å². The molecule has 2 fully saturated rings. The molecule has 2 aromatic carbocycles. The van der Waals surface area contributed by atoms with Crippen molar-refractivity contribution < 1.29 is 19.4 Å². The molecule has 5 atom stereocenters. The quantitative estimate of drug-likeness (QED) is 0.798. The third kappa shape index (κ3) is 2.58. The van der Waals surface area contributed by atoms with Gasteiger partial charge in [0, 0.05) is 13.5 Å². The minimum Gasteiger partial charge on any atom is -0.439 e. The van der Waals surface area contributed by atoms with E-state index in [0.29, 0.717) is 6.42 Å². The number of ether oxygens (including phenoxy) is 2. The molecule has 0 aromatic heterocycles. The molecule has 2 aliphatic rings. The number of hydrogen-bond acceptors (Lipinski definition) is 4. The van der Waals surface area contributed by atoms with Gasteiger partial charge in [-0.2, -0.15) is 0 Å². The normalized spacial score (nSPS) is 34.6. The molecule has 0 spiro atoms. The van der Waals surface area contributed by atoms with Crippen molar-refractivity contribution in [3.05, 3.63) is 84.4 Å². The van der Waals surface area contributed by atoms with Gasteiger partial charge < -0.3 is 14.6 Å². The van der Waals surface area contributed by atoms with Gasteiger partial charge >= 0.3 is 6.09 Å². The Morgan fingerprint density at radius 2 is 1.71 bits per heavy atom. The van der Waals surface area contributed by atoms with Gasteiger partial charge in [0.25, 0.3) is 0 Å². The number of aliphatic hydroxyl groups is 1. The van der Waals surface area contributed by atoms with Gasteiger partial charge in [0.1, 0.15) is 17.2 Å². The Morgan fingerprint density at radius 3 is 2.25 bits per heavy atom. The molecule has 0 radical (unpaired) electrons. The molecule has 1 aliphatic heterocycles. The Labute approximate surface area is 165 Å². The summed E-state index contributed by atoms with van der Waals surface area (Å²) < 4.78 is 11.6. The second kappa shape index (κ2) is 6.76. The molecule has 1 heterocycles. The van der Waals surface area contributed by atoms with Crippen LogP contribution in [0.2, 0.25) is 0 Å². The fraction of sp³-hybridized carbons (Fsp3) is 0.348. The lowest BCUT2D eigenvalue weighted by atomic mass is 9.61. The maximum absolute atomic E-state index is 13.0. The summed E-state index contributed by atoms with van der Waals surface area (Å²) in [5.74, 6) is 0. The Hall–Kier alpha value is -2.63. The van der Waals surface area contributed by atoms with Crippen molar-refractivity contribution in [3.8, 4) is 0 Å². The molecule has 1 N–H and O–H groups in total. The Bertz CT molecular complexity index is 871. The van der Waals surface area contributed by atoms with Gasteiger partial charge in [-0.1, -0.05) is 66.7 Å². The molecule has 5 heteroatoms. The van der Waals surface area contributed by atoms with Crippen molar-refractivity contribution in [3.63, 3.8) is 0 Å². The summed E-state index contributed by atoms with van der Waals surface area (Å²) in [5, 5.41) is 10.9. The average Bonchev–Trinajstić information content (AvgIpc) is 3.08. The lowest BCUT2D eigenvalue weighted by molar-refractivity contribution is -0.241. The fourth-order valence-corrected chi connectivity index (χ4v) is 4.51. The first-order chi connectivity index (χ1) is 13.4. The molecule has 1 aliphatic carbocycles. The van der Waals surface area contributed by atoms with E-state index >= 15 is 0 Å². The number of carbonyl (C=O) groups is 1. The number of nitrogens with zero attached hydrogens (tertiary/aromatic N) is 1. The van der Waals surface area contributed by atoms with E-state index in [4.69, 9.17) is 9.47 Å². The van der Waals surface area contributed by atoms with Crippen LogP contribution >= 0.6 is 0 Å². The monoisotopic (exact) mass is 379 g/mol. The lowest BCUT2D eigenvalue weighted by Crippen LogP contribution is -2.75. The summed E-state index contributed by atoms with van der Waals surface area (Å²) in [6.07, 6.45) is 1.01. The largest absolute Gasteiger partial charge is 0.439 e. The zero-order valence-electron chi connectivity index (χ0n) is 16.1. The van der Waals surface area contributed by atoms with Gasteiger partial charge in [0.2, 0.25) is 0 Å². The van der Waals surface area contributed by atoms with Crippen LogP contribution in [0, 0.1) is 0 Å². The van der Waals surface area contributed by atoms with Gasteiger partial charge in [0.15, 0.2) is 6.10 Å². The van der Waals surface area contributed by atoms with Crippen LogP contribution in [0.5, 0.6) is 0 Å². The van der Waals surface area contributed by atoms with E-state index in [1.165, 1.54) is 6.08 Å². The third-order valence-electron chi connectivity index (χ3n) is 6.39. The molecule has 146 valence electrons. The summed E-state index contributed by atoms with van der Waals surface area (Å²) in [7, 11) is 1.55. The van der Waals surface area contributed by atoms with Crippen LogP contribution < -0.4 is 0 Å². The standard InChI is InChI=1S/C23H25NO4/c1-4-23(26)15-18(22(23,2)27-3)24-19(16-11-7-5-8-12-16)20(28-21(24)25)17-13-9-6-10-14-17/h4-14,18-20,26H,1,15H2,2-3H3/t18-,19-,20+,22+,23+/m0/s1. The molecule has 5 nitrogen and oxygen atoms in total. The molecule has 4 rings (SSSR count). The summed E-state index contributed by atoms with van der Waals surface area (Å²) in [4.78, 5) is 14.8. The van der Waals surface area contributed by atoms with Gasteiger partial charge in [-0.25, -0.2) is 4.79 Å². The number of amides is 1. The predicted molar refractivity (Wildman–Crippen MR) is 106 cm³/mol. The molecular formula is C23H25NO4. The minimum absolute atomic E-state index is 0.315. The van der Waals surface area contributed by atoms with Crippen molar-refractivity contribution in [2.45, 2.75) is 42.7 Å². The van der Waals surface area contributed by atoms with Gasteiger partial charge in [0.05, 0.1) is 6.04 Å². The maximum Gasteiger partial charge on any atom is 0.411 e. The topological polar surface area (TPSA) is 59.0 Å². The Morgan fingerprint density at radius 1 is 1.14 bits per heavy atom. The van der Waals surface area contributed by atoms with Crippen LogP contribution in [0.3, 0.4) is 0 Å². The van der Waals surface area contributed by atoms with Crippen molar-refractivity contribution in [2.24, 2.45) is 0 Å². The molecule has 0 bridgehead atoms. The van der Waals surface area contributed by atoms with E-state index in [2.05, 4.69) is 6.58 Å². The first-order valence-electron chi connectivity index (χ1n) is 9.45. The van der Waals surface area contributed by atoms with E-state index in [1.54, 1.807) is 12.0 Å². The van der Waals surface area contributed by atoms with Crippen molar-refractivity contribution in [1.29, 1.82) is 0 Å².